The molecule has 0 saturated carbocycles. The maximum atomic E-state index is 13.1. The van der Waals surface area contributed by atoms with Crippen LogP contribution in [0.25, 0.3) is 11.0 Å². The molecule has 2 rings (SSSR count). The van der Waals surface area contributed by atoms with Crippen LogP contribution >= 0.6 is 11.6 Å². The number of para-hydroxylation sites is 1. The van der Waals surface area contributed by atoms with E-state index in [0.29, 0.717) is 22.6 Å². The van der Waals surface area contributed by atoms with Crippen LogP contribution in [0.4, 0.5) is 13.2 Å². The van der Waals surface area contributed by atoms with Crippen LogP contribution in [0.1, 0.15) is 19.7 Å². The molecule has 104 valence electrons. The molecule has 1 heterocycles. The number of aryl methyl sites for hydroxylation is 1. The molecule has 0 bridgehead atoms. The van der Waals surface area contributed by atoms with Gasteiger partial charge in [-0.15, -0.1) is 0 Å². The molecular formula is C12H13ClF3N3. The third-order valence-electron chi connectivity index (χ3n) is 3.09. The van der Waals surface area contributed by atoms with E-state index in [1.54, 1.807) is 25.1 Å². The number of hydrogen-bond acceptors (Lipinski definition) is 2. The zero-order valence-corrected chi connectivity index (χ0v) is 11.2. The first-order valence-electron chi connectivity index (χ1n) is 5.71. The second-order valence-electron chi connectivity index (χ2n) is 4.49. The summed E-state index contributed by atoms with van der Waals surface area (Å²) in [6.45, 7) is 2.94. The first kappa shape index (κ1) is 14.1. The second-order valence-corrected chi connectivity index (χ2v) is 4.89. The molecule has 3 nitrogen and oxygen atoms in total. The van der Waals surface area contributed by atoms with Gasteiger partial charge in [0, 0.05) is 6.54 Å². The number of fused-ring (bicyclic) bond motifs is 1. The van der Waals surface area contributed by atoms with Gasteiger partial charge in [-0.1, -0.05) is 17.7 Å². The molecular weight excluding hydrogens is 279 g/mol. The van der Waals surface area contributed by atoms with Gasteiger partial charge in [-0.25, -0.2) is 4.98 Å². The summed E-state index contributed by atoms with van der Waals surface area (Å²) in [6.07, 6.45) is -4.59. The summed E-state index contributed by atoms with van der Waals surface area (Å²) in [5, 5.41) is 0.357. The summed E-state index contributed by atoms with van der Waals surface area (Å²) in [5.41, 5.74) is 3.81. The Hall–Kier alpha value is -1.27. The molecule has 0 fully saturated rings. The highest BCUT2D eigenvalue weighted by molar-refractivity contribution is 6.35. The molecule has 1 aromatic carbocycles. The van der Waals surface area contributed by atoms with E-state index in [0.717, 1.165) is 6.92 Å². The van der Waals surface area contributed by atoms with Crippen LogP contribution in [0.15, 0.2) is 18.2 Å². The molecule has 0 amide bonds. The Morgan fingerprint density at radius 2 is 2.00 bits per heavy atom. The largest absolute Gasteiger partial charge is 0.413 e. The van der Waals surface area contributed by atoms with E-state index in [1.807, 2.05) is 0 Å². The number of halogens is 4. The Morgan fingerprint density at radius 1 is 1.37 bits per heavy atom. The number of imidazole rings is 1. The maximum Gasteiger partial charge on any atom is 0.413 e. The lowest BCUT2D eigenvalue weighted by Crippen LogP contribution is -2.49. The number of nitrogens with two attached hydrogens (primary N) is 1. The highest BCUT2D eigenvalue weighted by Gasteiger charge is 2.52. The predicted molar refractivity (Wildman–Crippen MR) is 68.0 cm³/mol. The normalized spacial score (nSPS) is 15.7. The fourth-order valence-electron chi connectivity index (χ4n) is 1.97. The van der Waals surface area contributed by atoms with Gasteiger partial charge in [-0.05, 0) is 26.0 Å². The van der Waals surface area contributed by atoms with E-state index in [1.165, 1.54) is 4.57 Å². The van der Waals surface area contributed by atoms with Gasteiger partial charge < -0.3 is 10.3 Å². The first-order valence-corrected chi connectivity index (χ1v) is 6.08. The van der Waals surface area contributed by atoms with Crippen LogP contribution in [-0.4, -0.2) is 15.7 Å². The fourth-order valence-corrected chi connectivity index (χ4v) is 2.24. The van der Waals surface area contributed by atoms with Gasteiger partial charge in [0.05, 0.1) is 16.1 Å². The first-order chi connectivity index (χ1) is 8.70. The van der Waals surface area contributed by atoms with Gasteiger partial charge in [0.25, 0.3) is 0 Å². The molecule has 1 aromatic heterocycles. The SMILES string of the molecule is CCn1c(C(C)(N)C(F)(F)F)nc2cccc(Cl)c21. The summed E-state index contributed by atoms with van der Waals surface area (Å²) in [5.74, 6) is -0.231. The van der Waals surface area contributed by atoms with Crippen molar-refractivity contribution in [1.82, 2.24) is 9.55 Å². The van der Waals surface area contributed by atoms with E-state index in [4.69, 9.17) is 17.3 Å². The molecule has 0 spiro atoms. The molecule has 0 aliphatic carbocycles. The van der Waals surface area contributed by atoms with E-state index in [9.17, 15) is 13.2 Å². The molecule has 0 saturated heterocycles. The number of benzene rings is 1. The molecule has 0 radical (unpaired) electrons. The van der Waals surface area contributed by atoms with Crippen LogP contribution in [0, 0.1) is 0 Å². The molecule has 1 unspecified atom stereocenters. The number of alkyl halides is 3. The Bertz CT molecular complexity index is 616. The Balaban J connectivity index is 2.79. The summed E-state index contributed by atoms with van der Waals surface area (Å²) in [6, 6.07) is 4.87. The maximum absolute atomic E-state index is 13.1. The third kappa shape index (κ3) is 2.08. The molecule has 2 aromatic rings. The average molecular weight is 292 g/mol. The summed E-state index contributed by atoms with van der Waals surface area (Å²) < 4.78 is 40.6. The Morgan fingerprint density at radius 3 is 2.53 bits per heavy atom. The number of nitrogens with zero attached hydrogens (tertiary/aromatic N) is 2. The highest BCUT2D eigenvalue weighted by atomic mass is 35.5. The average Bonchev–Trinajstić information content (AvgIpc) is 2.67. The van der Waals surface area contributed by atoms with Gasteiger partial charge >= 0.3 is 6.18 Å². The number of hydrogen-bond donors (Lipinski definition) is 1. The Kier molecular flexibility index (Phi) is 3.26. The lowest BCUT2D eigenvalue weighted by molar-refractivity contribution is -0.186. The molecule has 19 heavy (non-hydrogen) atoms. The smallest absolute Gasteiger partial charge is 0.325 e. The molecule has 0 aliphatic rings. The topological polar surface area (TPSA) is 43.8 Å². The molecule has 1 atom stereocenters. The second kappa shape index (κ2) is 4.38. The van der Waals surface area contributed by atoms with Gasteiger partial charge in [0.1, 0.15) is 5.82 Å². The molecule has 7 heteroatoms. The minimum atomic E-state index is -4.59. The summed E-state index contributed by atoms with van der Waals surface area (Å²) in [7, 11) is 0. The summed E-state index contributed by atoms with van der Waals surface area (Å²) in [4.78, 5) is 4.02. The monoisotopic (exact) mass is 291 g/mol. The minimum absolute atomic E-state index is 0.231. The van der Waals surface area contributed by atoms with Gasteiger partial charge in [0.15, 0.2) is 5.54 Å². The van der Waals surface area contributed by atoms with Crippen LogP contribution in [0.3, 0.4) is 0 Å². The van der Waals surface area contributed by atoms with Gasteiger partial charge in [-0.2, -0.15) is 13.2 Å². The van der Waals surface area contributed by atoms with Crippen molar-refractivity contribution in [2.45, 2.75) is 32.1 Å². The highest BCUT2D eigenvalue weighted by Crippen LogP contribution is 2.38. The van der Waals surface area contributed by atoms with Crippen molar-refractivity contribution in [2.75, 3.05) is 0 Å². The quantitative estimate of drug-likeness (QED) is 0.921. The van der Waals surface area contributed by atoms with E-state index < -0.39 is 11.7 Å². The van der Waals surface area contributed by atoms with Crippen molar-refractivity contribution in [3.63, 3.8) is 0 Å². The zero-order chi connectivity index (χ0) is 14.4. The fraction of sp³-hybridized carbons (Fsp3) is 0.417. The minimum Gasteiger partial charge on any atom is -0.325 e. The van der Waals surface area contributed by atoms with Gasteiger partial charge in [-0.3, -0.25) is 0 Å². The standard InChI is InChI=1S/C12H13ClF3N3/c1-3-19-9-7(13)5-4-6-8(9)18-10(19)11(2,17)12(14,15)16/h4-6H,3,17H2,1-2H3. The van der Waals surface area contributed by atoms with Crippen LogP contribution < -0.4 is 5.73 Å². The lowest BCUT2D eigenvalue weighted by Gasteiger charge is -2.27. The number of aromatic nitrogens is 2. The van der Waals surface area contributed by atoms with E-state index in [-0.39, 0.29) is 5.82 Å². The van der Waals surface area contributed by atoms with Crippen LogP contribution in [0.2, 0.25) is 5.02 Å². The number of rotatable bonds is 2. The van der Waals surface area contributed by atoms with Crippen molar-refractivity contribution < 1.29 is 13.2 Å². The predicted octanol–water partition coefficient (Wildman–Crippen LogP) is 3.45. The third-order valence-corrected chi connectivity index (χ3v) is 3.39. The molecule has 0 aliphatic heterocycles. The van der Waals surface area contributed by atoms with Crippen molar-refractivity contribution in [3.05, 3.63) is 29.0 Å². The Labute approximate surface area is 113 Å². The summed E-state index contributed by atoms with van der Waals surface area (Å²) >= 11 is 6.04. The lowest BCUT2D eigenvalue weighted by atomic mass is 10.0. The van der Waals surface area contributed by atoms with Crippen molar-refractivity contribution in [1.29, 1.82) is 0 Å². The van der Waals surface area contributed by atoms with Crippen LogP contribution in [0.5, 0.6) is 0 Å². The van der Waals surface area contributed by atoms with Gasteiger partial charge in [0.2, 0.25) is 0 Å². The molecule has 2 N–H and O–H groups in total. The van der Waals surface area contributed by atoms with E-state index in [2.05, 4.69) is 4.98 Å². The van der Waals surface area contributed by atoms with Crippen molar-refractivity contribution in [2.24, 2.45) is 5.73 Å². The zero-order valence-electron chi connectivity index (χ0n) is 10.4. The van der Waals surface area contributed by atoms with Crippen molar-refractivity contribution >= 4 is 22.6 Å². The van der Waals surface area contributed by atoms with Crippen LogP contribution in [-0.2, 0) is 12.1 Å². The van der Waals surface area contributed by atoms with Crippen molar-refractivity contribution in [3.8, 4) is 0 Å². The van der Waals surface area contributed by atoms with E-state index >= 15 is 0 Å².